The molecule has 2 aromatic rings. The maximum absolute atomic E-state index is 13.5. The molecule has 0 bridgehead atoms. The molecule has 30 heavy (non-hydrogen) atoms. The van der Waals surface area contributed by atoms with Crippen LogP contribution < -0.4 is 14.2 Å². The van der Waals surface area contributed by atoms with Crippen molar-refractivity contribution in [3.63, 3.8) is 0 Å². The van der Waals surface area contributed by atoms with Gasteiger partial charge in [0.05, 0.1) is 13.2 Å². The third-order valence-corrected chi connectivity index (χ3v) is 8.19. The molecule has 162 valence electrons. The van der Waals surface area contributed by atoms with Crippen LogP contribution in [0.2, 0.25) is 0 Å². The molecule has 0 saturated heterocycles. The van der Waals surface area contributed by atoms with Crippen LogP contribution in [0.1, 0.15) is 68.7 Å². The lowest BCUT2D eigenvalue weighted by molar-refractivity contribution is 0.0260. The van der Waals surface area contributed by atoms with Crippen LogP contribution in [-0.4, -0.2) is 21.1 Å². The summed E-state index contributed by atoms with van der Waals surface area (Å²) in [5.74, 6) is 1.18. The van der Waals surface area contributed by atoms with Crippen LogP contribution in [0.4, 0.5) is 0 Å². The topological polar surface area (TPSA) is 64.6 Å². The molecule has 1 aliphatic carbocycles. The van der Waals surface area contributed by atoms with E-state index in [1.54, 1.807) is 0 Å². The van der Waals surface area contributed by atoms with Gasteiger partial charge in [0.15, 0.2) is 0 Å². The van der Waals surface area contributed by atoms with E-state index in [9.17, 15) is 8.42 Å². The zero-order chi connectivity index (χ0) is 21.4. The Morgan fingerprint density at radius 2 is 1.77 bits per heavy atom. The molecular formula is C24H31NO4S. The first-order valence-corrected chi connectivity index (χ1v) is 12.4. The van der Waals surface area contributed by atoms with E-state index in [1.807, 2.05) is 36.4 Å². The molecule has 0 saturated carbocycles. The van der Waals surface area contributed by atoms with Gasteiger partial charge in [-0.1, -0.05) is 32.0 Å². The standard InChI is InChI=1S/C24H31NO4S/c1-4-24(5-2)16-20(19-12-8-9-13-21(19)29-24)25-30(26,27)23-15-18-11-7-6-10-17(18)14-22(23)28-3/h8-9,12-15,20,25H,4-7,10-11,16H2,1-3H3/t20-/m0/s1. The van der Waals surface area contributed by atoms with Gasteiger partial charge in [0, 0.05) is 12.0 Å². The van der Waals surface area contributed by atoms with E-state index in [0.29, 0.717) is 12.2 Å². The summed E-state index contributed by atoms with van der Waals surface area (Å²) in [6.45, 7) is 4.19. The Morgan fingerprint density at radius 1 is 1.10 bits per heavy atom. The van der Waals surface area contributed by atoms with Crippen molar-refractivity contribution < 1.29 is 17.9 Å². The quantitative estimate of drug-likeness (QED) is 0.707. The summed E-state index contributed by atoms with van der Waals surface area (Å²) in [6, 6.07) is 11.1. The normalized spacial score (nSPS) is 20.0. The molecule has 1 atom stereocenters. The zero-order valence-electron chi connectivity index (χ0n) is 18.0. The lowest BCUT2D eigenvalue weighted by Gasteiger charge is -2.41. The van der Waals surface area contributed by atoms with Gasteiger partial charge in [0.2, 0.25) is 10.0 Å². The van der Waals surface area contributed by atoms with Gasteiger partial charge in [-0.05, 0) is 67.9 Å². The minimum atomic E-state index is -3.78. The number of sulfonamides is 1. The summed E-state index contributed by atoms with van der Waals surface area (Å²) in [6.07, 6.45) is 6.35. The number of para-hydroxylation sites is 1. The average molecular weight is 430 g/mol. The van der Waals surface area contributed by atoms with Crippen molar-refractivity contribution in [3.05, 3.63) is 53.1 Å². The summed E-state index contributed by atoms with van der Waals surface area (Å²) < 4.78 is 41.9. The largest absolute Gasteiger partial charge is 0.495 e. The molecule has 4 rings (SSSR count). The molecule has 1 heterocycles. The molecule has 0 aromatic heterocycles. The van der Waals surface area contributed by atoms with E-state index in [-0.39, 0.29) is 16.5 Å². The summed E-state index contributed by atoms with van der Waals surface area (Å²) in [5, 5.41) is 0. The maximum Gasteiger partial charge on any atom is 0.244 e. The van der Waals surface area contributed by atoms with E-state index in [1.165, 1.54) is 12.7 Å². The van der Waals surface area contributed by atoms with Crippen molar-refractivity contribution in [3.8, 4) is 11.5 Å². The SMILES string of the molecule is CCC1(CC)C[C@H](NS(=O)(=O)c2cc3c(cc2OC)CCCC3)c2ccccc2O1. The molecule has 2 aromatic carbocycles. The van der Waals surface area contributed by atoms with Gasteiger partial charge >= 0.3 is 0 Å². The molecular weight excluding hydrogens is 398 g/mol. The van der Waals surface area contributed by atoms with E-state index in [0.717, 1.165) is 55.4 Å². The highest BCUT2D eigenvalue weighted by atomic mass is 32.2. The number of ether oxygens (including phenoxy) is 2. The number of hydrogen-bond acceptors (Lipinski definition) is 4. The van der Waals surface area contributed by atoms with Gasteiger partial charge in [-0.2, -0.15) is 0 Å². The number of benzene rings is 2. The highest BCUT2D eigenvalue weighted by Gasteiger charge is 2.40. The molecule has 0 amide bonds. The average Bonchev–Trinajstić information content (AvgIpc) is 2.77. The summed E-state index contributed by atoms with van der Waals surface area (Å²) in [4.78, 5) is 0.230. The van der Waals surface area contributed by atoms with Crippen molar-refractivity contribution in [2.45, 2.75) is 75.3 Å². The summed E-state index contributed by atoms with van der Waals surface area (Å²) >= 11 is 0. The second-order valence-corrected chi connectivity index (χ2v) is 10.1. The summed E-state index contributed by atoms with van der Waals surface area (Å²) in [5.41, 5.74) is 2.83. The fourth-order valence-corrected chi connectivity index (χ4v) is 6.18. The van der Waals surface area contributed by atoms with Gasteiger partial charge in [0.1, 0.15) is 22.0 Å². The molecule has 2 aliphatic rings. The smallest absolute Gasteiger partial charge is 0.244 e. The Bertz CT molecular complexity index is 1030. The van der Waals surface area contributed by atoms with Crippen molar-refractivity contribution in [1.82, 2.24) is 4.72 Å². The third-order valence-electron chi connectivity index (χ3n) is 6.70. The highest BCUT2D eigenvalue weighted by molar-refractivity contribution is 7.89. The van der Waals surface area contributed by atoms with Crippen molar-refractivity contribution in [1.29, 1.82) is 0 Å². The monoisotopic (exact) mass is 429 g/mol. The summed E-state index contributed by atoms with van der Waals surface area (Å²) in [7, 11) is -2.24. The molecule has 1 N–H and O–H groups in total. The Hall–Kier alpha value is -2.05. The highest BCUT2D eigenvalue weighted by Crippen LogP contribution is 2.43. The molecule has 0 spiro atoms. The molecule has 0 fully saturated rings. The number of rotatable bonds is 6. The van der Waals surface area contributed by atoms with Gasteiger partial charge < -0.3 is 9.47 Å². The number of nitrogens with one attached hydrogen (secondary N) is 1. The first-order valence-electron chi connectivity index (χ1n) is 10.9. The van der Waals surface area contributed by atoms with E-state index < -0.39 is 10.0 Å². The molecule has 0 radical (unpaired) electrons. The first-order chi connectivity index (χ1) is 14.4. The molecule has 6 heteroatoms. The minimum absolute atomic E-state index is 0.230. The van der Waals surface area contributed by atoms with Crippen LogP contribution >= 0.6 is 0 Å². The van der Waals surface area contributed by atoms with Crippen LogP contribution in [0.5, 0.6) is 11.5 Å². The van der Waals surface area contributed by atoms with Crippen molar-refractivity contribution >= 4 is 10.0 Å². The van der Waals surface area contributed by atoms with Crippen molar-refractivity contribution in [2.24, 2.45) is 0 Å². The predicted molar refractivity (Wildman–Crippen MR) is 118 cm³/mol. The fourth-order valence-electron chi connectivity index (χ4n) is 4.77. The van der Waals surface area contributed by atoms with Gasteiger partial charge in [-0.15, -0.1) is 0 Å². The molecule has 0 unspecified atom stereocenters. The van der Waals surface area contributed by atoms with E-state index >= 15 is 0 Å². The number of fused-ring (bicyclic) bond motifs is 2. The predicted octanol–water partition coefficient (Wildman–Crippen LogP) is 4.93. The fraction of sp³-hybridized carbons (Fsp3) is 0.500. The minimum Gasteiger partial charge on any atom is -0.495 e. The second-order valence-electron chi connectivity index (χ2n) is 8.39. The lowest BCUT2D eigenvalue weighted by atomic mass is 9.84. The van der Waals surface area contributed by atoms with Crippen LogP contribution in [0.25, 0.3) is 0 Å². The maximum atomic E-state index is 13.5. The number of aryl methyl sites for hydroxylation is 2. The van der Waals surface area contributed by atoms with Crippen LogP contribution in [0, 0.1) is 0 Å². The third kappa shape index (κ3) is 3.83. The lowest BCUT2D eigenvalue weighted by Crippen LogP contribution is -2.44. The van der Waals surface area contributed by atoms with Crippen LogP contribution in [-0.2, 0) is 22.9 Å². The Labute approximate surface area is 179 Å². The Morgan fingerprint density at radius 3 is 2.43 bits per heavy atom. The first kappa shape index (κ1) is 21.2. The number of methoxy groups -OCH3 is 1. The van der Waals surface area contributed by atoms with Gasteiger partial charge in [-0.25, -0.2) is 13.1 Å². The van der Waals surface area contributed by atoms with Crippen molar-refractivity contribution in [2.75, 3.05) is 7.11 Å². The van der Waals surface area contributed by atoms with Gasteiger partial charge in [-0.3, -0.25) is 0 Å². The molecule has 1 aliphatic heterocycles. The Balaban J connectivity index is 1.73. The van der Waals surface area contributed by atoms with Gasteiger partial charge in [0.25, 0.3) is 0 Å². The zero-order valence-corrected chi connectivity index (χ0v) is 18.8. The molecule has 5 nitrogen and oxygen atoms in total. The van der Waals surface area contributed by atoms with Crippen LogP contribution in [0.3, 0.4) is 0 Å². The second kappa shape index (κ2) is 8.23. The van der Waals surface area contributed by atoms with Crippen LogP contribution in [0.15, 0.2) is 41.3 Å². The van der Waals surface area contributed by atoms with E-state index in [2.05, 4.69) is 18.6 Å². The Kier molecular flexibility index (Phi) is 5.82. The number of hydrogen-bond donors (Lipinski definition) is 1. The van der Waals surface area contributed by atoms with E-state index in [4.69, 9.17) is 9.47 Å².